The maximum Gasteiger partial charge on any atom is 0.250 e. The first-order valence-electron chi connectivity index (χ1n) is 12.5. The fourth-order valence-corrected chi connectivity index (χ4v) is 4.78. The van der Waals surface area contributed by atoms with Gasteiger partial charge in [-0.25, -0.2) is 9.37 Å². The summed E-state index contributed by atoms with van der Waals surface area (Å²) < 4.78 is 15.7. The Morgan fingerprint density at radius 3 is 2.16 bits per heavy atom. The second kappa shape index (κ2) is 10.4. The smallest absolute Gasteiger partial charge is 0.250 e. The molecule has 1 heterocycles. The summed E-state index contributed by atoms with van der Waals surface area (Å²) in [5.74, 6) is 0.471. The van der Waals surface area contributed by atoms with Crippen LogP contribution in [0.15, 0.2) is 97.1 Å². The quantitative estimate of drug-likeness (QED) is 0.256. The third-order valence-electron chi connectivity index (χ3n) is 6.90. The molecule has 0 aliphatic heterocycles. The largest absolute Gasteiger partial charge is 0.339 e. The van der Waals surface area contributed by atoms with Crippen molar-refractivity contribution < 1.29 is 9.18 Å². The van der Waals surface area contributed by atoms with E-state index >= 15 is 0 Å². The van der Waals surface area contributed by atoms with Crippen LogP contribution in [0, 0.1) is 19.7 Å². The Morgan fingerprint density at radius 1 is 0.865 bits per heavy atom. The molecule has 0 fully saturated rings. The number of fused-ring (bicyclic) bond motifs is 1. The summed E-state index contributed by atoms with van der Waals surface area (Å²) in [5, 5.41) is 0. The van der Waals surface area contributed by atoms with Gasteiger partial charge in [0.1, 0.15) is 17.7 Å². The molecule has 0 aliphatic carbocycles. The van der Waals surface area contributed by atoms with Gasteiger partial charge in [-0.15, -0.1) is 0 Å². The predicted octanol–water partition coefficient (Wildman–Crippen LogP) is 6.63. The Hall–Kier alpha value is -4.25. The van der Waals surface area contributed by atoms with Crippen molar-refractivity contribution in [3.63, 3.8) is 0 Å². The monoisotopic (exact) mass is 491 g/mol. The molecule has 5 aromatic rings. The van der Waals surface area contributed by atoms with Crippen LogP contribution in [0.25, 0.3) is 11.0 Å². The van der Waals surface area contributed by atoms with Gasteiger partial charge in [0.25, 0.3) is 0 Å². The van der Waals surface area contributed by atoms with E-state index < -0.39 is 6.04 Å². The van der Waals surface area contributed by atoms with Crippen molar-refractivity contribution in [1.29, 1.82) is 0 Å². The number of aromatic nitrogens is 2. The van der Waals surface area contributed by atoms with E-state index in [-0.39, 0.29) is 11.7 Å². The predicted molar refractivity (Wildman–Crippen MR) is 146 cm³/mol. The van der Waals surface area contributed by atoms with E-state index in [1.54, 1.807) is 17.0 Å². The minimum atomic E-state index is -0.600. The number of nitrogens with zero attached hydrogens (tertiary/aromatic N) is 3. The fraction of sp³-hybridized carbons (Fsp3) is 0.188. The van der Waals surface area contributed by atoms with E-state index in [0.717, 1.165) is 44.7 Å². The van der Waals surface area contributed by atoms with Crippen LogP contribution < -0.4 is 0 Å². The number of amides is 1. The van der Waals surface area contributed by atoms with Gasteiger partial charge in [0.05, 0.1) is 11.0 Å². The van der Waals surface area contributed by atoms with E-state index in [2.05, 4.69) is 30.5 Å². The molecule has 0 bridgehead atoms. The fourth-order valence-electron chi connectivity index (χ4n) is 4.78. The summed E-state index contributed by atoms with van der Waals surface area (Å²) in [5.41, 5.74) is 6.94. The summed E-state index contributed by atoms with van der Waals surface area (Å²) in [6.07, 6.45) is 0.478. The second-order valence-electron chi connectivity index (χ2n) is 9.62. The zero-order valence-electron chi connectivity index (χ0n) is 21.4. The molecular formula is C32H30FN3O. The molecule has 5 rings (SSSR count). The highest BCUT2D eigenvalue weighted by Crippen LogP contribution is 2.31. The summed E-state index contributed by atoms with van der Waals surface area (Å²) in [6, 6.07) is 29.9. The van der Waals surface area contributed by atoms with Crippen LogP contribution in [0.5, 0.6) is 0 Å². The highest BCUT2D eigenvalue weighted by Gasteiger charge is 2.30. The van der Waals surface area contributed by atoms with Crippen molar-refractivity contribution >= 4 is 16.9 Å². The molecule has 5 heteroatoms. The number of carbonyl (C=O) groups is 1. The molecule has 37 heavy (non-hydrogen) atoms. The molecule has 1 aromatic heterocycles. The number of aryl methyl sites for hydroxylation is 2. The number of hydrogen-bond acceptors (Lipinski definition) is 2. The lowest BCUT2D eigenvalue weighted by molar-refractivity contribution is -0.132. The normalized spacial score (nSPS) is 12.0. The van der Waals surface area contributed by atoms with E-state index in [1.165, 1.54) is 12.1 Å². The Balaban J connectivity index is 1.66. The molecule has 0 spiro atoms. The van der Waals surface area contributed by atoms with Gasteiger partial charge < -0.3 is 9.47 Å². The molecule has 1 amide bonds. The average molecular weight is 492 g/mol. The van der Waals surface area contributed by atoms with Gasteiger partial charge in [0, 0.05) is 20.0 Å². The Bertz CT molecular complexity index is 1530. The number of likely N-dealkylation sites (N-methyl/N-ethyl adjacent to an activating group) is 1. The van der Waals surface area contributed by atoms with Crippen LogP contribution in [0.4, 0.5) is 4.39 Å². The molecule has 0 N–H and O–H groups in total. The first kappa shape index (κ1) is 24.4. The Labute approximate surface area is 217 Å². The van der Waals surface area contributed by atoms with Gasteiger partial charge in [0.15, 0.2) is 0 Å². The third kappa shape index (κ3) is 5.17. The van der Waals surface area contributed by atoms with Crippen LogP contribution in [-0.4, -0.2) is 27.4 Å². The van der Waals surface area contributed by atoms with Gasteiger partial charge in [-0.05, 0) is 65.9 Å². The van der Waals surface area contributed by atoms with E-state index in [9.17, 15) is 9.18 Å². The van der Waals surface area contributed by atoms with Crippen LogP contribution in [0.2, 0.25) is 0 Å². The lowest BCUT2D eigenvalue weighted by atomic mass is 10.0. The minimum Gasteiger partial charge on any atom is -0.339 e. The number of benzene rings is 4. The highest BCUT2D eigenvalue weighted by molar-refractivity contribution is 5.87. The van der Waals surface area contributed by atoms with Crippen LogP contribution in [-0.2, 0) is 17.8 Å². The molecular weight excluding hydrogens is 461 g/mol. The molecule has 0 radical (unpaired) electrons. The third-order valence-corrected chi connectivity index (χ3v) is 6.90. The number of rotatable bonds is 7. The molecule has 186 valence electrons. The zero-order valence-corrected chi connectivity index (χ0v) is 21.4. The van der Waals surface area contributed by atoms with Crippen LogP contribution in [0.1, 0.15) is 39.7 Å². The number of imidazole rings is 1. The van der Waals surface area contributed by atoms with Crippen LogP contribution in [0.3, 0.4) is 0 Å². The van der Waals surface area contributed by atoms with Crippen molar-refractivity contribution in [2.75, 3.05) is 7.05 Å². The minimum absolute atomic E-state index is 0.0204. The Morgan fingerprint density at radius 2 is 1.49 bits per heavy atom. The molecule has 1 atom stereocenters. The van der Waals surface area contributed by atoms with Gasteiger partial charge in [0.2, 0.25) is 5.91 Å². The molecule has 1 unspecified atom stereocenters. The molecule has 4 nitrogen and oxygen atoms in total. The first-order valence-corrected chi connectivity index (χ1v) is 12.5. The number of halogens is 1. The maximum absolute atomic E-state index is 14.2. The second-order valence-corrected chi connectivity index (χ2v) is 9.62. The zero-order chi connectivity index (χ0) is 25.9. The average Bonchev–Trinajstić information content (AvgIpc) is 3.23. The van der Waals surface area contributed by atoms with E-state index in [1.807, 2.05) is 67.7 Å². The van der Waals surface area contributed by atoms with Crippen molar-refractivity contribution in [3.05, 3.63) is 137 Å². The Kier molecular flexibility index (Phi) is 6.87. The molecule has 0 aliphatic rings. The number of hydrogen-bond donors (Lipinski definition) is 0. The molecule has 0 saturated carbocycles. The SMILES string of the molecule is Cc1cc2nc(Cc3ccc(F)cc3)n(C(C(=O)N(C)Cc3ccccc3)c3ccccc3)c2cc1C. The maximum atomic E-state index is 14.2. The van der Waals surface area contributed by atoms with E-state index in [0.29, 0.717) is 13.0 Å². The molecule has 4 aromatic carbocycles. The summed E-state index contributed by atoms with van der Waals surface area (Å²) in [7, 11) is 1.85. The van der Waals surface area contributed by atoms with Crippen molar-refractivity contribution in [2.45, 2.75) is 32.9 Å². The van der Waals surface area contributed by atoms with Gasteiger partial charge in [-0.3, -0.25) is 4.79 Å². The van der Waals surface area contributed by atoms with Gasteiger partial charge in [-0.1, -0.05) is 72.8 Å². The lowest BCUT2D eigenvalue weighted by Crippen LogP contribution is -2.35. The summed E-state index contributed by atoms with van der Waals surface area (Å²) >= 11 is 0. The van der Waals surface area contributed by atoms with Gasteiger partial charge in [-0.2, -0.15) is 0 Å². The first-order chi connectivity index (χ1) is 17.9. The molecule has 0 saturated heterocycles. The summed E-state index contributed by atoms with van der Waals surface area (Å²) in [4.78, 5) is 21.0. The van der Waals surface area contributed by atoms with Crippen molar-refractivity contribution in [2.24, 2.45) is 0 Å². The highest BCUT2D eigenvalue weighted by atomic mass is 19.1. The van der Waals surface area contributed by atoms with Crippen molar-refractivity contribution in [1.82, 2.24) is 14.5 Å². The number of carbonyl (C=O) groups excluding carboxylic acids is 1. The topological polar surface area (TPSA) is 38.1 Å². The summed E-state index contributed by atoms with van der Waals surface area (Å²) in [6.45, 7) is 4.65. The standard InChI is InChI=1S/C32H30FN3O/c1-22-18-28-29(19-23(22)2)36(30(34-28)20-24-14-16-27(33)17-15-24)31(26-12-8-5-9-13-26)32(37)35(3)21-25-10-6-4-7-11-25/h4-19,31H,20-21H2,1-3H3. The lowest BCUT2D eigenvalue weighted by Gasteiger charge is -2.27. The van der Waals surface area contributed by atoms with Crippen LogP contribution >= 0.6 is 0 Å². The van der Waals surface area contributed by atoms with Gasteiger partial charge >= 0.3 is 0 Å². The van der Waals surface area contributed by atoms with Crippen molar-refractivity contribution in [3.8, 4) is 0 Å². The van der Waals surface area contributed by atoms with E-state index in [4.69, 9.17) is 4.98 Å².